The van der Waals surface area contributed by atoms with Gasteiger partial charge in [-0.15, -0.1) is 0 Å². The molecule has 0 bridgehead atoms. The van der Waals surface area contributed by atoms with Crippen LogP contribution in [0.25, 0.3) is 0 Å². The first-order valence-electron chi connectivity index (χ1n) is 6.31. The van der Waals surface area contributed by atoms with Crippen LogP contribution in [0, 0.1) is 5.92 Å². The molecule has 0 atom stereocenters. The Hall–Kier alpha value is -0.610. The number of carbonyl (C=O) groups is 1. The van der Waals surface area contributed by atoms with Gasteiger partial charge in [0.05, 0.1) is 0 Å². The first kappa shape index (κ1) is 11.9. The maximum absolute atomic E-state index is 12.0. The summed E-state index contributed by atoms with van der Waals surface area (Å²) in [6.45, 7) is 4.28. The molecule has 0 aromatic heterocycles. The van der Waals surface area contributed by atoms with Crippen LogP contribution in [-0.2, 0) is 4.79 Å². The Balaban J connectivity index is 1.76. The van der Waals surface area contributed by atoms with Gasteiger partial charge in [0.15, 0.2) is 0 Å². The molecule has 0 saturated carbocycles. The zero-order chi connectivity index (χ0) is 11.5. The van der Waals surface area contributed by atoms with E-state index in [1.807, 2.05) is 11.9 Å². The van der Waals surface area contributed by atoms with Gasteiger partial charge < -0.3 is 15.1 Å². The minimum absolute atomic E-state index is 0.334. The largest absolute Gasteiger partial charge is 0.343 e. The molecule has 0 radical (unpaired) electrons. The SMILES string of the molecule is CN1CCC(N(C)C(=O)CC2CNC2)CC1. The Morgan fingerprint density at radius 2 is 2.00 bits per heavy atom. The second-order valence-electron chi connectivity index (χ2n) is 5.27. The third-order valence-electron chi connectivity index (χ3n) is 3.96. The molecule has 16 heavy (non-hydrogen) atoms. The molecule has 0 aromatic carbocycles. The molecule has 2 saturated heterocycles. The number of nitrogens with zero attached hydrogens (tertiary/aromatic N) is 2. The summed E-state index contributed by atoms with van der Waals surface area (Å²) >= 11 is 0. The molecular weight excluding hydrogens is 202 g/mol. The van der Waals surface area contributed by atoms with Crippen molar-refractivity contribution in [2.24, 2.45) is 5.92 Å². The Morgan fingerprint density at radius 1 is 1.38 bits per heavy atom. The molecule has 4 nitrogen and oxygen atoms in total. The Labute approximate surface area is 98.0 Å². The smallest absolute Gasteiger partial charge is 0.222 e. The molecule has 0 aliphatic carbocycles. The van der Waals surface area contributed by atoms with E-state index in [1.54, 1.807) is 0 Å². The fraction of sp³-hybridized carbons (Fsp3) is 0.917. The van der Waals surface area contributed by atoms with E-state index in [1.165, 1.54) is 0 Å². The van der Waals surface area contributed by atoms with Crippen molar-refractivity contribution in [2.75, 3.05) is 40.3 Å². The minimum atomic E-state index is 0.334. The molecule has 4 heteroatoms. The molecule has 2 fully saturated rings. The summed E-state index contributed by atoms with van der Waals surface area (Å²) in [4.78, 5) is 16.3. The summed E-state index contributed by atoms with van der Waals surface area (Å²) in [5, 5.41) is 3.21. The number of piperidine rings is 1. The third-order valence-corrected chi connectivity index (χ3v) is 3.96. The zero-order valence-electron chi connectivity index (χ0n) is 10.4. The van der Waals surface area contributed by atoms with Gasteiger partial charge in [0.2, 0.25) is 5.91 Å². The van der Waals surface area contributed by atoms with Gasteiger partial charge in [0.25, 0.3) is 0 Å². The van der Waals surface area contributed by atoms with Crippen LogP contribution in [-0.4, -0.2) is 62.0 Å². The molecule has 2 rings (SSSR count). The van der Waals surface area contributed by atoms with Crippen molar-refractivity contribution in [1.82, 2.24) is 15.1 Å². The van der Waals surface area contributed by atoms with Crippen molar-refractivity contribution in [3.63, 3.8) is 0 Å². The molecule has 1 N–H and O–H groups in total. The highest BCUT2D eigenvalue weighted by molar-refractivity contribution is 5.76. The number of amides is 1. The van der Waals surface area contributed by atoms with Crippen molar-refractivity contribution < 1.29 is 4.79 Å². The summed E-state index contributed by atoms with van der Waals surface area (Å²) in [5.74, 6) is 0.919. The monoisotopic (exact) mass is 225 g/mol. The highest BCUT2D eigenvalue weighted by atomic mass is 16.2. The van der Waals surface area contributed by atoms with E-state index >= 15 is 0 Å². The van der Waals surface area contributed by atoms with Gasteiger partial charge in [-0.2, -0.15) is 0 Å². The highest BCUT2D eigenvalue weighted by Crippen LogP contribution is 2.17. The third kappa shape index (κ3) is 2.74. The van der Waals surface area contributed by atoms with Crippen LogP contribution in [0.15, 0.2) is 0 Å². The van der Waals surface area contributed by atoms with Gasteiger partial charge in [-0.1, -0.05) is 0 Å². The molecular formula is C12H23N3O. The van der Waals surface area contributed by atoms with E-state index < -0.39 is 0 Å². The summed E-state index contributed by atoms with van der Waals surface area (Å²) in [6.07, 6.45) is 2.99. The van der Waals surface area contributed by atoms with E-state index in [9.17, 15) is 4.79 Å². The van der Waals surface area contributed by atoms with Crippen LogP contribution >= 0.6 is 0 Å². The van der Waals surface area contributed by atoms with Gasteiger partial charge in [0.1, 0.15) is 0 Å². The average molecular weight is 225 g/mol. The zero-order valence-corrected chi connectivity index (χ0v) is 10.4. The maximum Gasteiger partial charge on any atom is 0.222 e. The van der Waals surface area contributed by atoms with Crippen LogP contribution in [0.5, 0.6) is 0 Å². The van der Waals surface area contributed by atoms with E-state index in [-0.39, 0.29) is 0 Å². The number of hydrogen-bond acceptors (Lipinski definition) is 3. The fourth-order valence-electron chi connectivity index (χ4n) is 2.47. The first-order valence-corrected chi connectivity index (χ1v) is 6.31. The Morgan fingerprint density at radius 3 is 2.50 bits per heavy atom. The summed E-state index contributed by atoms with van der Waals surface area (Å²) in [6, 6.07) is 0.469. The summed E-state index contributed by atoms with van der Waals surface area (Å²) < 4.78 is 0. The van der Waals surface area contributed by atoms with Crippen molar-refractivity contribution in [2.45, 2.75) is 25.3 Å². The van der Waals surface area contributed by atoms with E-state index in [4.69, 9.17) is 0 Å². The molecule has 2 heterocycles. The number of likely N-dealkylation sites (tertiary alicyclic amines) is 1. The second-order valence-corrected chi connectivity index (χ2v) is 5.27. The van der Waals surface area contributed by atoms with Crippen LogP contribution in [0.4, 0.5) is 0 Å². The lowest BCUT2D eigenvalue weighted by atomic mass is 9.97. The van der Waals surface area contributed by atoms with Crippen molar-refractivity contribution in [1.29, 1.82) is 0 Å². The minimum Gasteiger partial charge on any atom is -0.343 e. The van der Waals surface area contributed by atoms with Crippen LogP contribution in [0.2, 0.25) is 0 Å². The highest BCUT2D eigenvalue weighted by Gasteiger charge is 2.27. The van der Waals surface area contributed by atoms with Gasteiger partial charge >= 0.3 is 0 Å². The maximum atomic E-state index is 12.0. The average Bonchev–Trinajstić information content (AvgIpc) is 2.23. The molecule has 92 valence electrons. The lowest BCUT2D eigenvalue weighted by Gasteiger charge is -2.36. The Bertz CT molecular complexity index is 245. The van der Waals surface area contributed by atoms with Crippen LogP contribution in [0.3, 0.4) is 0 Å². The topological polar surface area (TPSA) is 35.6 Å². The lowest BCUT2D eigenvalue weighted by molar-refractivity contribution is -0.134. The molecule has 2 aliphatic heterocycles. The van der Waals surface area contributed by atoms with Gasteiger partial charge in [-0.3, -0.25) is 4.79 Å². The predicted molar refractivity (Wildman–Crippen MR) is 64.3 cm³/mol. The molecule has 1 amide bonds. The van der Waals surface area contributed by atoms with Gasteiger partial charge in [-0.05, 0) is 52.0 Å². The lowest BCUT2D eigenvalue weighted by Crippen LogP contribution is -2.48. The van der Waals surface area contributed by atoms with E-state index in [2.05, 4.69) is 17.3 Å². The standard InChI is InChI=1S/C12H23N3O/c1-14-5-3-11(4-6-14)15(2)12(16)7-10-8-13-9-10/h10-11,13H,3-9H2,1-2H3. The van der Waals surface area contributed by atoms with Gasteiger partial charge in [0, 0.05) is 19.5 Å². The molecule has 0 unspecified atom stereocenters. The van der Waals surface area contributed by atoms with Gasteiger partial charge in [-0.25, -0.2) is 0 Å². The predicted octanol–water partition coefficient (Wildman–Crippen LogP) is 0.149. The number of nitrogens with one attached hydrogen (secondary N) is 1. The van der Waals surface area contributed by atoms with E-state index in [0.717, 1.165) is 45.4 Å². The van der Waals surface area contributed by atoms with Crippen molar-refractivity contribution in [3.8, 4) is 0 Å². The Kier molecular flexibility index (Phi) is 3.82. The normalized spacial score (nSPS) is 24.1. The molecule has 0 spiro atoms. The van der Waals surface area contributed by atoms with Crippen molar-refractivity contribution >= 4 is 5.91 Å². The van der Waals surface area contributed by atoms with E-state index in [0.29, 0.717) is 17.9 Å². The van der Waals surface area contributed by atoms with Crippen molar-refractivity contribution in [3.05, 3.63) is 0 Å². The molecule has 2 aliphatic rings. The summed E-state index contributed by atoms with van der Waals surface area (Å²) in [7, 11) is 4.13. The van der Waals surface area contributed by atoms with Crippen LogP contribution < -0.4 is 5.32 Å². The second kappa shape index (κ2) is 5.15. The number of rotatable bonds is 3. The first-order chi connectivity index (χ1) is 7.66. The van der Waals surface area contributed by atoms with Crippen LogP contribution in [0.1, 0.15) is 19.3 Å². The fourth-order valence-corrected chi connectivity index (χ4v) is 2.47. The quantitative estimate of drug-likeness (QED) is 0.742. The summed E-state index contributed by atoms with van der Waals surface area (Å²) in [5.41, 5.74) is 0. The number of carbonyl (C=O) groups excluding carboxylic acids is 1. The number of hydrogen-bond donors (Lipinski definition) is 1. The molecule has 0 aromatic rings.